The van der Waals surface area contributed by atoms with E-state index < -0.39 is 18.0 Å². The predicted octanol–water partition coefficient (Wildman–Crippen LogP) is 0.696. The van der Waals surface area contributed by atoms with E-state index in [-0.39, 0.29) is 29.1 Å². The molecule has 3 heterocycles. The Balaban J connectivity index is 1.57. The number of aromatic nitrogens is 2. The van der Waals surface area contributed by atoms with Gasteiger partial charge in [0.1, 0.15) is 12.0 Å². The first-order chi connectivity index (χ1) is 14.7. The molecule has 4 N–H and O–H groups in total. The summed E-state index contributed by atoms with van der Waals surface area (Å²) >= 11 is 0. The van der Waals surface area contributed by atoms with Gasteiger partial charge in [-0.25, -0.2) is 20.4 Å². The number of carbonyl (C=O) groups excluding carboxylic acids is 2. The van der Waals surface area contributed by atoms with Crippen LogP contribution in [0.2, 0.25) is 0 Å². The van der Waals surface area contributed by atoms with E-state index in [1.165, 1.54) is 24.5 Å². The largest absolute Gasteiger partial charge is 0.494 e. The van der Waals surface area contributed by atoms with Crippen molar-refractivity contribution in [1.29, 1.82) is 0 Å². The number of amides is 2. The average molecular weight is 431 g/mol. The number of fused-ring (bicyclic) bond motifs is 1. The second kappa shape index (κ2) is 7.88. The van der Waals surface area contributed by atoms with Crippen molar-refractivity contribution in [2.24, 2.45) is 5.41 Å². The number of rotatable bonds is 6. The number of hydrogen-bond donors (Lipinski definition) is 4. The lowest BCUT2D eigenvalue weighted by Gasteiger charge is -2.42. The van der Waals surface area contributed by atoms with Crippen LogP contribution in [0.5, 0.6) is 5.88 Å². The maximum absolute atomic E-state index is 13.1. The highest BCUT2D eigenvalue weighted by Gasteiger charge is 2.49. The molecule has 0 aromatic carbocycles. The van der Waals surface area contributed by atoms with Gasteiger partial charge in [0.15, 0.2) is 5.57 Å². The highest BCUT2D eigenvalue weighted by atomic mass is 16.5. The van der Waals surface area contributed by atoms with Crippen molar-refractivity contribution in [3.63, 3.8) is 0 Å². The second-order valence-electron chi connectivity index (χ2n) is 9.30. The van der Waals surface area contributed by atoms with Crippen LogP contribution in [-0.4, -0.2) is 68.8 Å². The number of anilines is 1. The van der Waals surface area contributed by atoms with Gasteiger partial charge in [0.05, 0.1) is 25.7 Å². The zero-order valence-corrected chi connectivity index (χ0v) is 18.2. The van der Waals surface area contributed by atoms with E-state index in [0.29, 0.717) is 24.7 Å². The van der Waals surface area contributed by atoms with Crippen molar-refractivity contribution >= 4 is 17.6 Å². The number of carbonyl (C=O) groups is 2. The van der Waals surface area contributed by atoms with Crippen LogP contribution in [0.25, 0.3) is 0 Å². The molecule has 1 saturated carbocycles. The summed E-state index contributed by atoms with van der Waals surface area (Å²) in [6.45, 7) is 6.58. The molecular weight excluding hydrogens is 402 g/mol. The first kappa shape index (κ1) is 21.2. The summed E-state index contributed by atoms with van der Waals surface area (Å²) in [5, 5.41) is 18.4. The van der Waals surface area contributed by atoms with Crippen LogP contribution in [0, 0.1) is 5.41 Å². The van der Waals surface area contributed by atoms with Gasteiger partial charge in [-0.2, -0.15) is 0 Å². The highest BCUT2D eigenvalue weighted by molar-refractivity contribution is 6.19. The maximum Gasteiger partial charge on any atom is 0.281 e. The summed E-state index contributed by atoms with van der Waals surface area (Å²) < 4.78 is 5.02. The van der Waals surface area contributed by atoms with Gasteiger partial charge in [-0.05, 0) is 18.3 Å². The van der Waals surface area contributed by atoms with Crippen molar-refractivity contribution < 1.29 is 19.4 Å². The standard InChI is InChI=1S/C20H29N7O4/c1-20(2,3)10-26-15-7-12(24-13-8-22-14(31-4)9-21-13)25-27(15)19(30)16(18(26)29)17(28)23-11-5-6-11/h8-9,11-12,15,25,29H,5-7,10H2,1-4H3,(H,21,24)(H,23,28). The zero-order valence-electron chi connectivity index (χ0n) is 18.2. The van der Waals surface area contributed by atoms with Gasteiger partial charge in [0.25, 0.3) is 11.8 Å². The number of ether oxygens (including phenoxy) is 1. The minimum Gasteiger partial charge on any atom is -0.494 e. The summed E-state index contributed by atoms with van der Waals surface area (Å²) in [6.07, 6.45) is 4.48. The molecule has 0 radical (unpaired) electrons. The Labute approximate surface area is 180 Å². The van der Waals surface area contributed by atoms with Crippen molar-refractivity contribution in [2.45, 2.75) is 58.4 Å². The van der Waals surface area contributed by atoms with Crippen LogP contribution in [0.1, 0.15) is 40.0 Å². The lowest BCUT2D eigenvalue weighted by molar-refractivity contribution is -0.142. The smallest absolute Gasteiger partial charge is 0.281 e. The summed E-state index contributed by atoms with van der Waals surface area (Å²) in [7, 11) is 1.51. The van der Waals surface area contributed by atoms with E-state index in [2.05, 4.69) is 26.0 Å². The molecule has 1 saturated heterocycles. The molecule has 2 unspecified atom stereocenters. The highest BCUT2D eigenvalue weighted by Crippen LogP contribution is 2.33. The summed E-state index contributed by atoms with van der Waals surface area (Å²) in [6, 6.07) is 0.0731. The van der Waals surface area contributed by atoms with Crippen LogP contribution in [0.3, 0.4) is 0 Å². The van der Waals surface area contributed by atoms with Gasteiger partial charge < -0.3 is 25.4 Å². The number of aliphatic hydroxyl groups excluding tert-OH is 1. The Hall–Kier alpha value is -3.08. The van der Waals surface area contributed by atoms with Crippen LogP contribution >= 0.6 is 0 Å². The molecule has 2 fully saturated rings. The Morgan fingerprint density at radius 1 is 1.32 bits per heavy atom. The number of hydrazine groups is 1. The third kappa shape index (κ3) is 4.50. The summed E-state index contributed by atoms with van der Waals surface area (Å²) in [4.78, 5) is 36.0. The van der Waals surface area contributed by atoms with Crippen LogP contribution in [-0.2, 0) is 9.59 Å². The van der Waals surface area contributed by atoms with E-state index in [9.17, 15) is 14.7 Å². The van der Waals surface area contributed by atoms with E-state index in [1.54, 1.807) is 4.90 Å². The summed E-state index contributed by atoms with van der Waals surface area (Å²) in [5.41, 5.74) is 2.71. The number of methoxy groups -OCH3 is 1. The van der Waals surface area contributed by atoms with Gasteiger partial charge in [-0.3, -0.25) is 9.59 Å². The van der Waals surface area contributed by atoms with Gasteiger partial charge in [0, 0.05) is 19.0 Å². The molecule has 2 atom stereocenters. The zero-order chi connectivity index (χ0) is 22.3. The van der Waals surface area contributed by atoms with Gasteiger partial charge in [-0.15, -0.1) is 0 Å². The number of nitrogens with one attached hydrogen (secondary N) is 3. The first-order valence-electron chi connectivity index (χ1n) is 10.4. The van der Waals surface area contributed by atoms with Crippen molar-refractivity contribution in [2.75, 3.05) is 19.0 Å². The van der Waals surface area contributed by atoms with Crippen LogP contribution in [0.15, 0.2) is 23.8 Å². The van der Waals surface area contributed by atoms with E-state index in [4.69, 9.17) is 4.74 Å². The number of nitrogens with zero attached hydrogens (tertiary/aromatic N) is 4. The number of aliphatic hydroxyl groups is 1. The van der Waals surface area contributed by atoms with Gasteiger partial charge >= 0.3 is 0 Å². The quantitative estimate of drug-likeness (QED) is 0.480. The van der Waals surface area contributed by atoms with E-state index in [1.807, 2.05) is 20.8 Å². The van der Waals surface area contributed by atoms with E-state index in [0.717, 1.165) is 12.8 Å². The van der Waals surface area contributed by atoms with Gasteiger partial charge in [0.2, 0.25) is 11.8 Å². The Kier molecular flexibility index (Phi) is 5.38. The molecule has 3 aliphatic rings. The fraction of sp³-hybridized carbons (Fsp3) is 0.600. The third-order valence-electron chi connectivity index (χ3n) is 5.27. The monoisotopic (exact) mass is 431 g/mol. The molecule has 1 aliphatic carbocycles. The van der Waals surface area contributed by atoms with Crippen molar-refractivity contribution in [3.05, 3.63) is 23.8 Å². The van der Waals surface area contributed by atoms with Crippen molar-refractivity contribution in [3.8, 4) is 5.88 Å². The third-order valence-corrected chi connectivity index (χ3v) is 5.27. The molecule has 4 rings (SSSR count). The second-order valence-corrected chi connectivity index (χ2v) is 9.30. The molecule has 2 amide bonds. The molecule has 168 valence electrons. The molecule has 31 heavy (non-hydrogen) atoms. The molecule has 11 heteroatoms. The molecule has 2 aliphatic heterocycles. The van der Waals surface area contributed by atoms with Crippen molar-refractivity contribution in [1.82, 2.24) is 30.6 Å². The molecule has 0 bridgehead atoms. The maximum atomic E-state index is 13.1. The van der Waals surface area contributed by atoms with Crippen LogP contribution in [0.4, 0.5) is 5.82 Å². The molecule has 0 spiro atoms. The molecular formula is C20H29N7O4. The first-order valence-corrected chi connectivity index (χ1v) is 10.4. The minimum atomic E-state index is -0.545. The SMILES string of the molecule is COc1cnc(NC2CC3N(CC(C)(C)C)C(O)=C(C(=O)NC4CC4)C(=O)N3N2)cn1. The Morgan fingerprint density at radius 2 is 2.06 bits per heavy atom. The van der Waals surface area contributed by atoms with Gasteiger partial charge in [-0.1, -0.05) is 20.8 Å². The fourth-order valence-corrected chi connectivity index (χ4v) is 3.73. The van der Waals surface area contributed by atoms with E-state index >= 15 is 0 Å². The molecule has 1 aromatic rings. The number of hydrogen-bond acceptors (Lipinski definition) is 9. The predicted molar refractivity (Wildman–Crippen MR) is 111 cm³/mol. The lowest BCUT2D eigenvalue weighted by atomic mass is 9.95. The van der Waals surface area contributed by atoms with Crippen LogP contribution < -0.4 is 20.8 Å². The Morgan fingerprint density at radius 3 is 2.65 bits per heavy atom. The average Bonchev–Trinajstić information content (AvgIpc) is 3.41. The topological polar surface area (TPSA) is 132 Å². The molecule has 11 nitrogen and oxygen atoms in total. The lowest BCUT2D eigenvalue weighted by Crippen LogP contribution is -2.58. The molecule has 1 aromatic heterocycles. The Bertz CT molecular complexity index is 892. The normalized spacial score (nSPS) is 23.7. The fourth-order valence-electron chi connectivity index (χ4n) is 3.73. The summed E-state index contributed by atoms with van der Waals surface area (Å²) in [5.74, 6) is -0.449. The minimum absolute atomic E-state index is 0.0731.